The Hall–Kier alpha value is -1.55. The van der Waals surface area contributed by atoms with Crippen LogP contribution in [0.4, 0.5) is 5.69 Å². The van der Waals surface area contributed by atoms with E-state index >= 15 is 0 Å². The zero-order chi connectivity index (χ0) is 15.4. The Morgan fingerprint density at radius 2 is 1.81 bits per heavy atom. The van der Waals surface area contributed by atoms with E-state index in [4.69, 9.17) is 4.74 Å². The molecule has 3 unspecified atom stereocenters. The maximum atomic E-state index is 12.4. The summed E-state index contributed by atoms with van der Waals surface area (Å²) in [5.41, 5.74) is 0.811. The second-order valence-corrected chi connectivity index (χ2v) is 6.29. The maximum Gasteiger partial charge on any atom is 0.241 e. The predicted octanol–water partition coefficient (Wildman–Crippen LogP) is 3.00. The number of hydrogen-bond donors (Lipinski definition) is 1. The zero-order valence-electron chi connectivity index (χ0n) is 13.4. The number of carbonyl (C=O) groups excluding carboxylic acids is 1. The van der Waals surface area contributed by atoms with Crippen LogP contribution in [0.3, 0.4) is 0 Å². The highest BCUT2D eigenvalue weighted by molar-refractivity contribution is 5.94. The second kappa shape index (κ2) is 6.94. The summed E-state index contributed by atoms with van der Waals surface area (Å²) in [5, 5.41) is 2.98. The molecule has 116 valence electrons. The number of likely N-dealkylation sites (tertiary alicyclic amines) is 1. The standard InChI is InChI=1S/C17H26N2O2/c1-12-9-13(2)11-19(10-12)14(3)17(20)18-15-5-7-16(21-4)8-6-15/h5-8,12-14H,9-11H2,1-4H3,(H,18,20). The van der Waals surface area contributed by atoms with Crippen LogP contribution in [0.1, 0.15) is 27.2 Å². The van der Waals surface area contributed by atoms with Crippen LogP contribution in [0.15, 0.2) is 24.3 Å². The molecule has 0 saturated carbocycles. The summed E-state index contributed by atoms with van der Waals surface area (Å²) < 4.78 is 5.12. The fourth-order valence-corrected chi connectivity index (χ4v) is 3.11. The van der Waals surface area contributed by atoms with Gasteiger partial charge in [0.1, 0.15) is 5.75 Å². The minimum absolute atomic E-state index is 0.0569. The summed E-state index contributed by atoms with van der Waals surface area (Å²) in [6, 6.07) is 7.34. The van der Waals surface area contributed by atoms with Crippen LogP contribution < -0.4 is 10.1 Å². The number of benzene rings is 1. The molecule has 1 heterocycles. The lowest BCUT2D eigenvalue weighted by molar-refractivity contribution is -0.121. The molecule has 3 atom stereocenters. The van der Waals surface area contributed by atoms with Gasteiger partial charge in [-0.05, 0) is 49.4 Å². The number of nitrogens with one attached hydrogen (secondary N) is 1. The number of piperidine rings is 1. The molecule has 1 aliphatic heterocycles. The van der Waals surface area contributed by atoms with Crippen molar-refractivity contribution in [1.82, 2.24) is 4.90 Å². The number of hydrogen-bond acceptors (Lipinski definition) is 3. The molecule has 0 radical (unpaired) electrons. The molecule has 1 N–H and O–H groups in total. The third-order valence-electron chi connectivity index (χ3n) is 4.18. The molecule has 0 aromatic heterocycles. The Balaban J connectivity index is 1.95. The van der Waals surface area contributed by atoms with Gasteiger partial charge in [-0.15, -0.1) is 0 Å². The average molecular weight is 290 g/mol. The van der Waals surface area contributed by atoms with Gasteiger partial charge in [0.15, 0.2) is 0 Å². The Bertz CT molecular complexity index is 462. The number of nitrogens with zero attached hydrogens (tertiary/aromatic N) is 1. The highest BCUT2D eigenvalue weighted by Crippen LogP contribution is 2.23. The summed E-state index contributed by atoms with van der Waals surface area (Å²) in [5.74, 6) is 2.16. The SMILES string of the molecule is COc1ccc(NC(=O)C(C)N2CC(C)CC(C)C2)cc1. The van der Waals surface area contributed by atoms with Crippen molar-refractivity contribution in [2.75, 3.05) is 25.5 Å². The second-order valence-electron chi connectivity index (χ2n) is 6.29. The van der Waals surface area contributed by atoms with E-state index < -0.39 is 0 Å². The van der Waals surface area contributed by atoms with E-state index in [1.807, 2.05) is 31.2 Å². The molecule has 0 bridgehead atoms. The van der Waals surface area contributed by atoms with Crippen LogP contribution in [0, 0.1) is 11.8 Å². The zero-order valence-corrected chi connectivity index (χ0v) is 13.4. The van der Waals surface area contributed by atoms with E-state index in [2.05, 4.69) is 24.1 Å². The van der Waals surface area contributed by atoms with Crippen molar-refractivity contribution in [1.29, 1.82) is 0 Å². The van der Waals surface area contributed by atoms with Crippen LogP contribution in [0.5, 0.6) is 5.75 Å². The first-order chi connectivity index (χ1) is 9.99. The van der Waals surface area contributed by atoms with Crippen LogP contribution in [-0.4, -0.2) is 37.0 Å². The van der Waals surface area contributed by atoms with E-state index in [-0.39, 0.29) is 11.9 Å². The van der Waals surface area contributed by atoms with Crippen molar-refractivity contribution in [2.45, 2.75) is 33.2 Å². The molecule has 1 aromatic rings. The topological polar surface area (TPSA) is 41.6 Å². The molecule has 1 saturated heterocycles. The minimum atomic E-state index is -0.0997. The van der Waals surface area contributed by atoms with Crippen LogP contribution in [-0.2, 0) is 4.79 Å². The molecule has 0 spiro atoms. The number of ether oxygens (including phenoxy) is 1. The lowest BCUT2D eigenvalue weighted by Crippen LogP contribution is -2.48. The van der Waals surface area contributed by atoms with Gasteiger partial charge in [-0.2, -0.15) is 0 Å². The summed E-state index contributed by atoms with van der Waals surface area (Å²) in [7, 11) is 1.63. The van der Waals surface area contributed by atoms with Crippen molar-refractivity contribution in [2.24, 2.45) is 11.8 Å². The number of carbonyl (C=O) groups is 1. The highest BCUT2D eigenvalue weighted by Gasteiger charge is 2.28. The molecule has 1 aromatic carbocycles. The molecule has 2 rings (SSSR count). The third-order valence-corrected chi connectivity index (χ3v) is 4.18. The van der Waals surface area contributed by atoms with Crippen LogP contribution >= 0.6 is 0 Å². The molecule has 0 aliphatic carbocycles. The number of methoxy groups -OCH3 is 1. The highest BCUT2D eigenvalue weighted by atomic mass is 16.5. The fraction of sp³-hybridized carbons (Fsp3) is 0.588. The van der Waals surface area contributed by atoms with Crippen LogP contribution in [0.2, 0.25) is 0 Å². The first-order valence-electron chi connectivity index (χ1n) is 7.68. The van der Waals surface area contributed by atoms with Crippen molar-refractivity contribution in [3.8, 4) is 5.75 Å². The van der Waals surface area contributed by atoms with Gasteiger partial charge >= 0.3 is 0 Å². The lowest BCUT2D eigenvalue weighted by Gasteiger charge is -2.38. The molecule has 1 fully saturated rings. The Morgan fingerprint density at radius 1 is 1.24 bits per heavy atom. The Morgan fingerprint density at radius 3 is 2.33 bits per heavy atom. The van der Waals surface area contributed by atoms with Gasteiger partial charge in [0, 0.05) is 18.8 Å². The molecular weight excluding hydrogens is 264 g/mol. The largest absolute Gasteiger partial charge is 0.497 e. The van der Waals surface area contributed by atoms with E-state index in [0.717, 1.165) is 24.5 Å². The van der Waals surface area contributed by atoms with Crippen molar-refractivity contribution >= 4 is 11.6 Å². The smallest absolute Gasteiger partial charge is 0.241 e. The Labute approximate surface area is 127 Å². The monoisotopic (exact) mass is 290 g/mol. The first kappa shape index (κ1) is 15.8. The normalized spacial score (nSPS) is 24.4. The average Bonchev–Trinajstić information content (AvgIpc) is 2.46. The molecule has 21 heavy (non-hydrogen) atoms. The van der Waals surface area contributed by atoms with Gasteiger partial charge in [0.25, 0.3) is 0 Å². The summed E-state index contributed by atoms with van der Waals surface area (Å²) in [4.78, 5) is 14.7. The van der Waals surface area contributed by atoms with Crippen molar-refractivity contribution < 1.29 is 9.53 Å². The van der Waals surface area contributed by atoms with Crippen LogP contribution in [0.25, 0.3) is 0 Å². The van der Waals surface area contributed by atoms with E-state index in [1.165, 1.54) is 6.42 Å². The van der Waals surface area contributed by atoms with Crippen molar-refractivity contribution in [3.05, 3.63) is 24.3 Å². The molecule has 4 nitrogen and oxygen atoms in total. The Kier molecular flexibility index (Phi) is 5.23. The molecular formula is C17H26N2O2. The van der Waals surface area contributed by atoms with Gasteiger partial charge in [0.05, 0.1) is 13.2 Å². The fourth-order valence-electron chi connectivity index (χ4n) is 3.11. The quantitative estimate of drug-likeness (QED) is 0.927. The number of amides is 1. The number of anilines is 1. The maximum absolute atomic E-state index is 12.4. The molecule has 4 heteroatoms. The van der Waals surface area contributed by atoms with Gasteiger partial charge in [-0.1, -0.05) is 13.8 Å². The van der Waals surface area contributed by atoms with E-state index in [1.54, 1.807) is 7.11 Å². The van der Waals surface area contributed by atoms with E-state index in [0.29, 0.717) is 11.8 Å². The van der Waals surface area contributed by atoms with Crippen molar-refractivity contribution in [3.63, 3.8) is 0 Å². The summed E-state index contributed by atoms with van der Waals surface area (Å²) >= 11 is 0. The third kappa shape index (κ3) is 4.21. The molecule has 1 aliphatic rings. The van der Waals surface area contributed by atoms with E-state index in [9.17, 15) is 4.79 Å². The van der Waals surface area contributed by atoms with Gasteiger partial charge in [0.2, 0.25) is 5.91 Å². The molecule has 1 amide bonds. The van der Waals surface area contributed by atoms with Gasteiger partial charge in [-0.3, -0.25) is 9.69 Å². The van der Waals surface area contributed by atoms with Gasteiger partial charge in [-0.25, -0.2) is 0 Å². The summed E-state index contributed by atoms with van der Waals surface area (Å²) in [6.45, 7) is 8.51. The first-order valence-corrected chi connectivity index (χ1v) is 7.68. The summed E-state index contributed by atoms with van der Waals surface area (Å²) in [6.07, 6.45) is 1.25. The minimum Gasteiger partial charge on any atom is -0.497 e. The predicted molar refractivity (Wildman–Crippen MR) is 85.6 cm³/mol. The van der Waals surface area contributed by atoms with Gasteiger partial charge < -0.3 is 10.1 Å². The number of rotatable bonds is 4. The lowest BCUT2D eigenvalue weighted by atomic mass is 9.91.